The Morgan fingerprint density at radius 1 is 0.304 bits per heavy atom. The quantitative estimate of drug-likeness (QED) is 0.202. The summed E-state index contributed by atoms with van der Waals surface area (Å²) in [5.74, 6) is 0. The van der Waals surface area contributed by atoms with Gasteiger partial charge in [-0.3, -0.25) is 0 Å². The molecule has 0 spiro atoms. The number of anilines is 4. The van der Waals surface area contributed by atoms with E-state index in [1.807, 2.05) is 0 Å². The van der Waals surface area contributed by atoms with Gasteiger partial charge in [0.2, 0.25) is 0 Å². The highest BCUT2D eigenvalue weighted by Gasteiger charge is 2.14. The second-order valence-corrected chi connectivity index (χ2v) is 11.6. The third kappa shape index (κ3) is 4.31. The van der Waals surface area contributed by atoms with Crippen molar-refractivity contribution in [3.63, 3.8) is 0 Å². The van der Waals surface area contributed by atoms with Gasteiger partial charge in [-0.1, -0.05) is 97.1 Å². The Morgan fingerprint density at radius 3 is 1.00 bits per heavy atom. The fraction of sp³-hybridized carbons (Fsp3) is 0. The van der Waals surface area contributed by atoms with Gasteiger partial charge in [0.15, 0.2) is 0 Å². The molecule has 2 heterocycles. The number of benzene rings is 7. The van der Waals surface area contributed by atoms with Crippen LogP contribution in [0.15, 0.2) is 170 Å². The summed E-state index contributed by atoms with van der Waals surface area (Å²) in [6, 6.07) is 60.1. The molecule has 0 aliphatic heterocycles. The highest BCUT2D eigenvalue weighted by Crippen LogP contribution is 2.36. The average molecular weight is 591 g/mol. The van der Waals surface area contributed by atoms with Gasteiger partial charge in [0.05, 0.1) is 33.4 Å². The second kappa shape index (κ2) is 10.7. The first kappa shape index (κ1) is 26.2. The van der Waals surface area contributed by atoms with Crippen molar-refractivity contribution >= 4 is 66.4 Å². The van der Waals surface area contributed by atoms with Crippen LogP contribution in [0.5, 0.6) is 0 Å². The van der Waals surface area contributed by atoms with Crippen molar-refractivity contribution in [3.05, 3.63) is 170 Å². The third-order valence-electron chi connectivity index (χ3n) is 8.85. The minimum Gasteiger partial charge on any atom is -0.354 e. The predicted molar refractivity (Wildman–Crippen MR) is 195 cm³/mol. The molecule has 218 valence electrons. The third-order valence-corrected chi connectivity index (χ3v) is 8.85. The monoisotopic (exact) mass is 590 g/mol. The molecule has 9 aromatic rings. The summed E-state index contributed by atoms with van der Waals surface area (Å²) in [6.45, 7) is 0. The zero-order valence-corrected chi connectivity index (χ0v) is 25.1. The van der Waals surface area contributed by atoms with Crippen molar-refractivity contribution in [2.24, 2.45) is 0 Å². The maximum atomic E-state index is 3.70. The van der Waals surface area contributed by atoms with Crippen LogP contribution < -0.4 is 10.6 Å². The van der Waals surface area contributed by atoms with E-state index < -0.39 is 0 Å². The molecular weight excluding hydrogens is 560 g/mol. The molecule has 0 radical (unpaired) electrons. The minimum absolute atomic E-state index is 1.00. The van der Waals surface area contributed by atoms with Gasteiger partial charge >= 0.3 is 0 Å². The Labute approximate surface area is 266 Å². The molecule has 7 aromatic carbocycles. The fourth-order valence-corrected chi connectivity index (χ4v) is 6.86. The molecule has 0 amide bonds. The highest BCUT2D eigenvalue weighted by molar-refractivity contribution is 6.10. The van der Waals surface area contributed by atoms with Crippen LogP contribution >= 0.6 is 0 Å². The van der Waals surface area contributed by atoms with Crippen LogP contribution in [-0.4, -0.2) is 9.13 Å². The van der Waals surface area contributed by atoms with Crippen LogP contribution in [0.4, 0.5) is 22.7 Å². The molecule has 4 nitrogen and oxygen atoms in total. The number of fused-ring (bicyclic) bond motifs is 6. The molecule has 0 fully saturated rings. The minimum atomic E-state index is 1.00. The smallest absolute Gasteiger partial charge is 0.0623 e. The number of rotatable bonds is 6. The molecule has 0 aliphatic rings. The van der Waals surface area contributed by atoms with Crippen molar-refractivity contribution < 1.29 is 0 Å². The lowest BCUT2D eigenvalue weighted by Gasteiger charge is -2.16. The van der Waals surface area contributed by atoms with Crippen LogP contribution in [0.1, 0.15) is 0 Å². The van der Waals surface area contributed by atoms with Gasteiger partial charge in [-0.15, -0.1) is 0 Å². The lowest BCUT2D eigenvalue weighted by Crippen LogP contribution is -2.00. The summed E-state index contributed by atoms with van der Waals surface area (Å²) in [7, 11) is 0. The molecule has 0 bridgehead atoms. The Balaban J connectivity index is 1.07. The molecule has 9 rings (SSSR count). The van der Waals surface area contributed by atoms with E-state index in [9.17, 15) is 0 Å². The number of hydrogen-bond donors (Lipinski definition) is 2. The first-order valence-corrected chi connectivity index (χ1v) is 15.6. The lowest BCUT2D eigenvalue weighted by atomic mass is 10.2. The summed E-state index contributed by atoms with van der Waals surface area (Å²) in [4.78, 5) is 0. The summed E-state index contributed by atoms with van der Waals surface area (Å²) in [5, 5.41) is 12.4. The van der Waals surface area contributed by atoms with Crippen LogP contribution in [0.25, 0.3) is 55.0 Å². The molecule has 2 aromatic heterocycles. The zero-order chi connectivity index (χ0) is 30.5. The summed E-state index contributed by atoms with van der Waals surface area (Å²) >= 11 is 0. The van der Waals surface area contributed by atoms with Gasteiger partial charge in [-0.2, -0.15) is 0 Å². The fourth-order valence-electron chi connectivity index (χ4n) is 6.86. The van der Waals surface area contributed by atoms with Crippen LogP contribution in [-0.2, 0) is 0 Å². The summed E-state index contributed by atoms with van der Waals surface area (Å²) < 4.78 is 4.69. The van der Waals surface area contributed by atoms with Gasteiger partial charge in [-0.05, 0) is 72.8 Å². The van der Waals surface area contributed by atoms with Crippen LogP contribution in [0.3, 0.4) is 0 Å². The Hall–Kier alpha value is -6.26. The average Bonchev–Trinajstić information content (AvgIpc) is 3.63. The number of hydrogen-bond acceptors (Lipinski definition) is 2. The molecule has 46 heavy (non-hydrogen) atoms. The van der Waals surface area contributed by atoms with E-state index in [0.717, 1.165) is 34.1 Å². The Kier molecular flexibility index (Phi) is 6.10. The van der Waals surface area contributed by atoms with Gasteiger partial charge in [-0.25, -0.2) is 0 Å². The van der Waals surface area contributed by atoms with Crippen LogP contribution in [0.2, 0.25) is 0 Å². The molecule has 0 aliphatic carbocycles. The number of aromatic nitrogens is 2. The van der Waals surface area contributed by atoms with E-state index in [0.29, 0.717) is 0 Å². The Bertz CT molecular complexity index is 2270. The lowest BCUT2D eigenvalue weighted by molar-refractivity contribution is 1.18. The van der Waals surface area contributed by atoms with E-state index >= 15 is 0 Å². The number of para-hydroxylation sites is 6. The first-order chi connectivity index (χ1) is 22.8. The maximum Gasteiger partial charge on any atom is 0.0623 e. The molecule has 0 unspecified atom stereocenters. The van der Waals surface area contributed by atoms with E-state index in [4.69, 9.17) is 0 Å². The van der Waals surface area contributed by atoms with Gasteiger partial charge in [0.1, 0.15) is 0 Å². The zero-order valence-electron chi connectivity index (χ0n) is 25.1. The normalized spacial score (nSPS) is 11.5. The number of nitrogens with zero attached hydrogens (tertiary/aromatic N) is 2. The van der Waals surface area contributed by atoms with Crippen molar-refractivity contribution in [2.75, 3.05) is 10.6 Å². The highest BCUT2D eigenvalue weighted by atomic mass is 15.0. The largest absolute Gasteiger partial charge is 0.354 e. The molecule has 0 saturated carbocycles. The SMILES string of the molecule is c1cc(Nc2ccccc2Nc2cccc(-n3c4ccccc4c4ccccc43)c2)cc(-n2c3ccccc3c3ccccc32)c1. The van der Waals surface area contributed by atoms with Crippen LogP contribution in [0, 0.1) is 0 Å². The van der Waals surface area contributed by atoms with Gasteiger partial charge < -0.3 is 19.8 Å². The van der Waals surface area contributed by atoms with Crippen molar-refractivity contribution in [1.29, 1.82) is 0 Å². The van der Waals surface area contributed by atoms with Crippen molar-refractivity contribution in [2.45, 2.75) is 0 Å². The standard InChI is InChI=1S/C42H30N4/c1-7-23-39-33(17-1)34-18-2-8-24-40(34)45(39)31-15-11-13-29(27-31)43-37-21-5-6-22-38(37)44-30-14-12-16-32(28-30)46-41-25-9-3-19-35(41)36-20-4-10-26-42(36)46/h1-28,43-44H. The number of nitrogens with one attached hydrogen (secondary N) is 2. The van der Waals surface area contributed by atoms with Crippen molar-refractivity contribution in [3.8, 4) is 11.4 Å². The Morgan fingerprint density at radius 2 is 0.630 bits per heavy atom. The predicted octanol–water partition coefficient (Wildman–Crippen LogP) is 11.4. The van der Waals surface area contributed by atoms with E-state index in [1.54, 1.807) is 0 Å². The molecule has 2 N–H and O–H groups in total. The van der Waals surface area contributed by atoms with Crippen molar-refractivity contribution in [1.82, 2.24) is 9.13 Å². The van der Waals surface area contributed by atoms with E-state index in [1.165, 1.54) is 43.6 Å². The topological polar surface area (TPSA) is 33.9 Å². The molecule has 0 saturated heterocycles. The maximum absolute atomic E-state index is 3.70. The molecule has 0 atom stereocenters. The van der Waals surface area contributed by atoms with E-state index in [2.05, 4.69) is 190 Å². The summed E-state index contributed by atoms with van der Waals surface area (Å²) in [6.07, 6.45) is 0. The second-order valence-electron chi connectivity index (χ2n) is 11.6. The van der Waals surface area contributed by atoms with E-state index in [-0.39, 0.29) is 0 Å². The van der Waals surface area contributed by atoms with Gasteiger partial charge in [0, 0.05) is 44.3 Å². The van der Waals surface area contributed by atoms with Gasteiger partial charge in [0.25, 0.3) is 0 Å². The molecular formula is C42H30N4. The first-order valence-electron chi connectivity index (χ1n) is 15.6. The molecule has 4 heteroatoms. The summed E-state index contributed by atoms with van der Waals surface area (Å²) in [5.41, 5.74) is 11.1.